The standard InChI is InChI=1S/C91H156N2O40/c1-14-57(123-67-28-26-58(46(8)119-67)124-68-29-27-59(47(9)120-68)125-70-36-90(13,92)84(115)49(11)121-70)43(5)72(104)44(6)73(105)45(7)83-40(2)20-18-19-22-52(98)31-54(100)32-55(101)33-60(127-87-71(93-50(12)96)78(110)76(108)63(37-94)129-87)42(4)61-34-56(102)85(116)91(117,133-61)86(41(3)24-25-53(99)30-51(97)21-16-15-17-23-66(103)131-83)132-69-35-62(128-89-82(114)80(112)77(109)64(38-95)130-89)75(107)65(126-69)39-118-88-81(113)79(111)74(106)48(10)122-88/h15-20,22-23,40-49,51-65,67-89,94-95,97-102,104-117H,14,21,24-39,92H2,1-13H3,(H,93,96)/b16-15+,20-18+,22-19+,23-17?/t40-,41+,42+,43-,44+,45-,46+,47+,48+,49-,51+,52+,53-,54-,55+,56?,57?,58+,59+,60?,61?,62+,63+,64+,65+,67-,68-,69-,70-,71+,72-,73-,74+,75-,76+,77+,78+,79-,80-,81-,82+,83?,84+,85?,86?,87-,88+,89+,90-,91?/m0/s1. The van der Waals surface area contributed by atoms with Crippen molar-refractivity contribution >= 4 is 11.9 Å². The van der Waals surface area contributed by atoms with Crippen molar-refractivity contribution in [3.8, 4) is 0 Å². The van der Waals surface area contributed by atoms with Crippen molar-refractivity contribution < 1.29 is 198 Å². The van der Waals surface area contributed by atoms with Crippen LogP contribution >= 0.6 is 0 Å². The Labute approximate surface area is 776 Å². The van der Waals surface area contributed by atoms with E-state index in [1.165, 1.54) is 51.2 Å². The van der Waals surface area contributed by atoms with Gasteiger partial charge in [0.25, 0.3) is 0 Å². The first kappa shape index (κ1) is 113. The minimum Gasteiger partial charge on any atom is -0.458 e. The van der Waals surface area contributed by atoms with Crippen LogP contribution in [0, 0.1) is 35.5 Å². The molecule has 9 rings (SSSR count). The van der Waals surface area contributed by atoms with Gasteiger partial charge in [0.15, 0.2) is 44.0 Å². The number of hydrogen-bond donors (Lipinski definition) is 24. The van der Waals surface area contributed by atoms with E-state index in [0.29, 0.717) is 38.5 Å². The third kappa shape index (κ3) is 30.0. The number of fused-ring (bicyclic) bond motifs is 2. The van der Waals surface area contributed by atoms with E-state index in [4.69, 9.17) is 81.5 Å². The van der Waals surface area contributed by atoms with Gasteiger partial charge in [-0.3, -0.25) is 4.79 Å². The number of rotatable bonds is 25. The molecule has 0 saturated carbocycles. The number of cyclic esters (lactones) is 1. The van der Waals surface area contributed by atoms with Gasteiger partial charge in [-0.2, -0.15) is 0 Å². The fraction of sp³-hybridized carbons (Fsp3) is 0.890. The van der Waals surface area contributed by atoms with E-state index in [0.717, 1.165) is 13.0 Å². The Morgan fingerprint density at radius 1 is 0.526 bits per heavy atom. The Bertz CT molecular complexity index is 3580. The Morgan fingerprint density at radius 3 is 1.75 bits per heavy atom. The third-order valence-corrected chi connectivity index (χ3v) is 27.9. The van der Waals surface area contributed by atoms with Gasteiger partial charge in [-0.25, -0.2) is 4.79 Å². The predicted octanol–water partition coefficient (Wildman–Crippen LogP) is -3.54. The molecule has 133 heavy (non-hydrogen) atoms. The molecule has 0 aromatic rings. The smallest absolute Gasteiger partial charge is 0.331 e. The number of carbonyl (C=O) groups excluding carboxylic acids is 2. The highest BCUT2D eigenvalue weighted by Crippen LogP contribution is 2.45. The molecule has 0 aliphatic carbocycles. The first-order valence-corrected chi connectivity index (χ1v) is 47.2. The summed E-state index contributed by atoms with van der Waals surface area (Å²) in [5, 5.41) is 254. The molecule has 770 valence electrons. The quantitative estimate of drug-likeness (QED) is 0.0394. The summed E-state index contributed by atoms with van der Waals surface area (Å²) >= 11 is 0. The summed E-state index contributed by atoms with van der Waals surface area (Å²) in [5.74, 6) is -10.2. The number of carbonyl (C=O) groups is 2. The lowest BCUT2D eigenvalue weighted by atomic mass is 9.78. The van der Waals surface area contributed by atoms with Crippen molar-refractivity contribution in [1.82, 2.24) is 5.32 Å². The van der Waals surface area contributed by atoms with E-state index in [1.807, 2.05) is 27.7 Å². The number of aliphatic hydroxyl groups is 22. The Balaban J connectivity index is 0.943. The van der Waals surface area contributed by atoms with Crippen LogP contribution < -0.4 is 11.1 Å². The summed E-state index contributed by atoms with van der Waals surface area (Å²) in [6.07, 6.45) is -45.7. The summed E-state index contributed by atoms with van der Waals surface area (Å²) in [4.78, 5) is 26.8. The maximum atomic E-state index is 14.0. The summed E-state index contributed by atoms with van der Waals surface area (Å²) < 4.78 is 99.7. The molecule has 25 N–H and O–H groups in total. The largest absolute Gasteiger partial charge is 0.458 e. The molecule has 42 heteroatoms. The second-order valence-corrected chi connectivity index (χ2v) is 38.7. The molecular formula is C91H156N2O40. The molecular weight excluding hydrogens is 1760 g/mol. The summed E-state index contributed by atoms with van der Waals surface area (Å²) in [5.41, 5.74) is 5.50. The van der Waals surface area contributed by atoms with Crippen molar-refractivity contribution in [2.24, 2.45) is 41.2 Å². The first-order chi connectivity index (χ1) is 62.6. The minimum atomic E-state index is -3.15. The molecule has 8 unspecified atom stereocenters. The average Bonchev–Trinajstić information content (AvgIpc) is 0.756. The molecule has 0 aromatic carbocycles. The monoisotopic (exact) mass is 1920 g/mol. The molecule has 9 heterocycles. The number of esters is 1. The number of allylic oxidation sites excluding steroid dienone is 4. The lowest BCUT2D eigenvalue weighted by Crippen LogP contribution is -2.68. The first-order valence-electron chi connectivity index (χ1n) is 47.2. The molecule has 9 aliphatic heterocycles. The number of aliphatic hydroxyl groups excluding tert-OH is 21. The van der Waals surface area contributed by atoms with Crippen molar-refractivity contribution in [2.75, 3.05) is 19.8 Å². The molecule has 2 bridgehead atoms. The molecule has 1 amide bonds. The lowest BCUT2D eigenvalue weighted by molar-refractivity contribution is -0.399. The van der Waals surface area contributed by atoms with Gasteiger partial charge in [0, 0.05) is 93.1 Å². The van der Waals surface area contributed by atoms with E-state index in [-0.39, 0.29) is 44.0 Å². The normalized spacial score (nSPS) is 47.5. The fourth-order valence-corrected chi connectivity index (χ4v) is 19.5. The average molecular weight is 1920 g/mol. The van der Waals surface area contributed by atoms with Gasteiger partial charge >= 0.3 is 5.97 Å². The molecule has 0 aromatic heterocycles. The zero-order chi connectivity index (χ0) is 98.3. The summed E-state index contributed by atoms with van der Waals surface area (Å²) in [6, 6.07) is -1.60. The van der Waals surface area contributed by atoms with Gasteiger partial charge in [-0.15, -0.1) is 0 Å². The minimum absolute atomic E-state index is 0.0904. The van der Waals surface area contributed by atoms with E-state index >= 15 is 0 Å². The second-order valence-electron chi connectivity index (χ2n) is 38.7. The number of nitrogens with two attached hydrogens (primary N) is 1. The molecule has 9 aliphatic rings. The zero-order valence-corrected chi connectivity index (χ0v) is 78.3. The van der Waals surface area contributed by atoms with Gasteiger partial charge in [0.1, 0.15) is 97.6 Å². The van der Waals surface area contributed by atoms with Crippen LogP contribution in [0.15, 0.2) is 48.6 Å². The van der Waals surface area contributed by atoms with Crippen molar-refractivity contribution in [1.29, 1.82) is 0 Å². The highest BCUT2D eigenvalue weighted by molar-refractivity contribution is 5.82. The second kappa shape index (κ2) is 51.4. The van der Waals surface area contributed by atoms with Crippen molar-refractivity contribution in [2.45, 2.75) is 455 Å². The van der Waals surface area contributed by atoms with E-state index in [2.05, 4.69) is 5.32 Å². The SMILES string of the molecule is CCC(O[C@H]1CC[C@@H](O[C@H]2CC[C@@H](O[C@H]3C[C@](C)(N)[C@H](O)[C@H](C)O3)[C@@H](C)O2)[C@@H](C)O1)[C@H](C)[C@H](O)[C@@H](C)[C@H](O)[C@H](C)C1OC(=O)C=C/C=C/C[C@@H](O)C[C@@H](O)CC[C@@H](C)C(O[C@H]2C[C@@H](O[C@@H]3O[C@H](CO)[C@@H](O)[C@H](O)[C@H]3O)[C@H](O)[C@@H](CO[C@@H]3O[C@H](C)[C@@H](O)[C@H](O)[C@@H]3O)O2)C2(O)OC(CC(O)C2O)[C@H](C)C(O[C@H]2O[C@H](CO)[C@@H](O)[C@H](O)[C@H]2NC(C)=O)C[C@H](O)C[C@@H](O)C[C@H](O)/C=C/C=C/[C@@H]1C. The van der Waals surface area contributed by atoms with Gasteiger partial charge in [0.05, 0.1) is 136 Å². The fourth-order valence-electron chi connectivity index (χ4n) is 19.5. The molecule has 8 fully saturated rings. The molecule has 0 radical (unpaired) electrons. The number of nitrogens with one attached hydrogen (secondary N) is 1. The van der Waals surface area contributed by atoms with Gasteiger partial charge < -0.3 is 199 Å². The number of ether oxygens (including phenoxy) is 16. The Kier molecular flexibility index (Phi) is 43.6. The van der Waals surface area contributed by atoms with Crippen LogP contribution in [0.2, 0.25) is 0 Å². The van der Waals surface area contributed by atoms with Crippen LogP contribution in [-0.2, 0) is 85.4 Å². The van der Waals surface area contributed by atoms with Gasteiger partial charge in [-0.05, 0) is 91.9 Å². The van der Waals surface area contributed by atoms with Crippen LogP contribution in [0.4, 0.5) is 0 Å². The van der Waals surface area contributed by atoms with Crippen molar-refractivity contribution in [3.63, 3.8) is 0 Å². The van der Waals surface area contributed by atoms with Crippen LogP contribution in [0.5, 0.6) is 0 Å². The van der Waals surface area contributed by atoms with Gasteiger partial charge in [-0.1, -0.05) is 91.0 Å². The van der Waals surface area contributed by atoms with Crippen LogP contribution in [0.3, 0.4) is 0 Å². The lowest BCUT2D eigenvalue weighted by Gasteiger charge is -2.52. The third-order valence-electron chi connectivity index (χ3n) is 27.9. The van der Waals surface area contributed by atoms with E-state index in [1.54, 1.807) is 46.8 Å². The summed E-state index contributed by atoms with van der Waals surface area (Å²) in [7, 11) is 0. The Morgan fingerprint density at radius 2 is 1.11 bits per heavy atom. The van der Waals surface area contributed by atoms with E-state index in [9.17, 15) is 122 Å². The highest BCUT2D eigenvalue weighted by atomic mass is 16.8. The van der Waals surface area contributed by atoms with Gasteiger partial charge in [0.2, 0.25) is 11.7 Å². The van der Waals surface area contributed by atoms with E-state index < -0.39 is 350 Å². The predicted molar refractivity (Wildman–Crippen MR) is 463 cm³/mol. The molecule has 0 spiro atoms. The van der Waals surface area contributed by atoms with Crippen LogP contribution in [0.1, 0.15) is 186 Å². The van der Waals surface area contributed by atoms with Crippen LogP contribution in [-0.4, -0.2) is 413 Å². The van der Waals surface area contributed by atoms with Crippen LogP contribution in [0.25, 0.3) is 0 Å². The summed E-state index contributed by atoms with van der Waals surface area (Å²) in [6.45, 7) is 19.0. The highest BCUT2D eigenvalue weighted by Gasteiger charge is 2.60. The molecule has 8 saturated heterocycles. The zero-order valence-electron chi connectivity index (χ0n) is 78.3. The van der Waals surface area contributed by atoms with Crippen molar-refractivity contribution in [3.05, 3.63) is 48.6 Å². The number of amides is 1. The maximum absolute atomic E-state index is 14.0. The number of hydrogen-bond acceptors (Lipinski definition) is 41. The Hall–Kier alpha value is -3.62. The molecule has 50 atom stereocenters. The maximum Gasteiger partial charge on any atom is 0.331 e. The topological polar surface area (TPSA) is 665 Å². The molecule has 42 nitrogen and oxygen atoms in total.